The molecule has 2 aliphatic rings. The molecule has 1 saturated carbocycles. The van der Waals surface area contributed by atoms with Crippen molar-refractivity contribution in [2.75, 3.05) is 31.5 Å². The molecule has 50 heavy (non-hydrogen) atoms. The van der Waals surface area contributed by atoms with Crippen LogP contribution >= 0.6 is 0 Å². The summed E-state index contributed by atoms with van der Waals surface area (Å²) < 4.78 is 11.9. The zero-order chi connectivity index (χ0) is 36.8. The first-order valence-corrected chi connectivity index (χ1v) is 17.2. The van der Waals surface area contributed by atoms with E-state index in [-0.39, 0.29) is 44.0 Å². The lowest BCUT2D eigenvalue weighted by Crippen LogP contribution is -2.60. The number of nitrogens with two attached hydrogens (primary N) is 1. The van der Waals surface area contributed by atoms with E-state index in [4.69, 9.17) is 15.2 Å². The molecule has 0 atom stereocenters. The number of ether oxygens (including phenoxy) is 2. The minimum Gasteiger partial charge on any atom is -0.446 e. The van der Waals surface area contributed by atoms with Crippen molar-refractivity contribution in [3.63, 3.8) is 0 Å². The van der Waals surface area contributed by atoms with Gasteiger partial charge < -0.3 is 30.3 Å². The number of rotatable bonds is 9. The molecular weight excluding hydrogens is 644 g/mol. The monoisotopic (exact) mass is 696 g/mol. The van der Waals surface area contributed by atoms with Crippen LogP contribution in [0.1, 0.15) is 79.7 Å². The maximum Gasteiger partial charge on any atom is 0.408 e. The van der Waals surface area contributed by atoms with E-state index in [0.29, 0.717) is 17.8 Å². The third-order valence-corrected chi connectivity index (χ3v) is 8.88. The van der Waals surface area contributed by atoms with Gasteiger partial charge in [0.2, 0.25) is 5.91 Å². The predicted octanol–water partition coefficient (Wildman–Crippen LogP) is 3.83. The Morgan fingerprint density at radius 2 is 1.54 bits per heavy atom. The van der Waals surface area contributed by atoms with Gasteiger partial charge in [0.05, 0.1) is 5.69 Å². The average Bonchev–Trinajstić information content (AvgIpc) is 3.02. The quantitative estimate of drug-likeness (QED) is 0.351. The summed E-state index contributed by atoms with van der Waals surface area (Å²) in [5.41, 5.74) is 4.52. The Labute approximate surface area is 293 Å². The van der Waals surface area contributed by atoms with Crippen LogP contribution in [-0.2, 0) is 20.8 Å². The maximum atomic E-state index is 13.1. The van der Waals surface area contributed by atoms with Crippen LogP contribution in [0.25, 0.3) is 5.69 Å². The minimum absolute atomic E-state index is 0.119. The van der Waals surface area contributed by atoms with E-state index in [1.165, 1.54) is 4.57 Å². The molecule has 1 aromatic heterocycles. The molecule has 274 valence electrons. The van der Waals surface area contributed by atoms with Crippen LogP contribution in [0.5, 0.6) is 0 Å². The van der Waals surface area contributed by atoms with Gasteiger partial charge in [0, 0.05) is 51.0 Å². The summed E-state index contributed by atoms with van der Waals surface area (Å²) in [6.07, 6.45) is 3.46. The van der Waals surface area contributed by atoms with Gasteiger partial charge in [-0.3, -0.25) is 19.6 Å². The van der Waals surface area contributed by atoms with E-state index in [1.807, 2.05) is 24.3 Å². The summed E-state index contributed by atoms with van der Waals surface area (Å²) in [6.45, 7) is 14.6. The van der Waals surface area contributed by atoms with Crippen molar-refractivity contribution in [3.8, 4) is 5.69 Å². The lowest BCUT2D eigenvalue weighted by atomic mass is 9.90. The van der Waals surface area contributed by atoms with Crippen LogP contribution in [0.2, 0.25) is 0 Å². The van der Waals surface area contributed by atoms with E-state index < -0.39 is 35.0 Å². The Hall–Kier alpha value is -4.66. The van der Waals surface area contributed by atoms with Crippen LogP contribution in [0.4, 0.5) is 20.2 Å². The van der Waals surface area contributed by atoms with Crippen LogP contribution in [0.15, 0.2) is 41.3 Å². The number of hydrogen-bond donors (Lipinski definition) is 3. The van der Waals surface area contributed by atoms with Gasteiger partial charge in [-0.15, -0.1) is 0 Å². The Morgan fingerprint density at radius 1 is 0.940 bits per heavy atom. The molecule has 4 N–H and O–H groups in total. The highest BCUT2D eigenvalue weighted by atomic mass is 16.6. The number of nitrogens with zero attached hydrogens (tertiary/aromatic N) is 5. The molecule has 1 aliphatic carbocycles. The van der Waals surface area contributed by atoms with Crippen molar-refractivity contribution in [3.05, 3.63) is 52.6 Å². The Bertz CT molecular complexity index is 1570. The van der Waals surface area contributed by atoms with Crippen molar-refractivity contribution in [2.45, 2.75) is 110 Å². The minimum atomic E-state index is -1.19. The number of carbonyl (C=O) groups is 4. The second kappa shape index (κ2) is 15.9. The van der Waals surface area contributed by atoms with E-state index in [2.05, 4.69) is 34.4 Å². The van der Waals surface area contributed by atoms with Crippen LogP contribution in [-0.4, -0.2) is 104 Å². The lowest BCUT2D eigenvalue weighted by molar-refractivity contribution is -0.138. The fourth-order valence-electron chi connectivity index (χ4n) is 6.34. The summed E-state index contributed by atoms with van der Waals surface area (Å²) in [7, 11) is 0. The standard InChI is InChI=1S/C35H52N8O7/c1-23(2)43(26-12-14-27(15-13-26)49-30(36)45)22-24-8-10-25(11-9-24)42-17-16-28(38-32(42)47)37-31(46)41-20-18-40(19-21-41)29(44)35(6,7)39-33(48)50-34(3,4)5/h8-11,16-17,23,26-27H,12-15,18-22H2,1-7H3,(H2,36,45)(H,39,48)(H,37,38,46,47). The maximum absolute atomic E-state index is 13.1. The van der Waals surface area contributed by atoms with Gasteiger partial charge in [-0.2, -0.15) is 4.98 Å². The topological polar surface area (TPSA) is 181 Å². The van der Waals surface area contributed by atoms with Gasteiger partial charge >= 0.3 is 23.9 Å². The second-order valence-corrected chi connectivity index (χ2v) is 14.7. The molecule has 15 nitrogen and oxygen atoms in total. The number of benzene rings is 1. The Kier molecular flexibility index (Phi) is 12.1. The normalized spacial score (nSPS) is 18.5. The van der Waals surface area contributed by atoms with Gasteiger partial charge in [0.1, 0.15) is 23.1 Å². The number of amides is 5. The average molecular weight is 697 g/mol. The van der Waals surface area contributed by atoms with Crippen molar-refractivity contribution in [2.24, 2.45) is 5.73 Å². The van der Waals surface area contributed by atoms with Crippen molar-refractivity contribution in [1.29, 1.82) is 0 Å². The van der Waals surface area contributed by atoms with Gasteiger partial charge in [-0.1, -0.05) is 12.1 Å². The zero-order valence-electron chi connectivity index (χ0n) is 30.2. The van der Waals surface area contributed by atoms with E-state index in [1.54, 1.807) is 56.7 Å². The highest BCUT2D eigenvalue weighted by Gasteiger charge is 2.37. The zero-order valence-corrected chi connectivity index (χ0v) is 30.2. The summed E-state index contributed by atoms with van der Waals surface area (Å²) >= 11 is 0. The van der Waals surface area contributed by atoms with Crippen molar-refractivity contribution < 1.29 is 28.7 Å². The first-order valence-electron chi connectivity index (χ1n) is 17.2. The number of piperazine rings is 1. The summed E-state index contributed by atoms with van der Waals surface area (Å²) in [6, 6.07) is 9.55. The van der Waals surface area contributed by atoms with Gasteiger partial charge in [0.25, 0.3) is 0 Å². The highest BCUT2D eigenvalue weighted by molar-refractivity contribution is 5.90. The fraction of sp³-hybridized carbons (Fsp3) is 0.600. The molecule has 1 aliphatic heterocycles. The van der Waals surface area contributed by atoms with Gasteiger partial charge in [-0.25, -0.2) is 19.2 Å². The molecule has 15 heteroatoms. The first kappa shape index (κ1) is 38.1. The highest BCUT2D eigenvalue weighted by Crippen LogP contribution is 2.28. The molecule has 0 bridgehead atoms. The largest absolute Gasteiger partial charge is 0.446 e. The number of hydrogen-bond acceptors (Lipinski definition) is 9. The third kappa shape index (κ3) is 10.4. The molecule has 1 saturated heterocycles. The Morgan fingerprint density at radius 3 is 2.08 bits per heavy atom. The van der Waals surface area contributed by atoms with Crippen LogP contribution in [0, 0.1) is 0 Å². The molecule has 5 amide bonds. The number of anilines is 1. The number of alkyl carbamates (subject to hydrolysis) is 1. The molecule has 2 fully saturated rings. The second-order valence-electron chi connectivity index (χ2n) is 14.7. The molecule has 0 spiro atoms. The molecular formula is C35H52N8O7. The SMILES string of the molecule is CC(C)N(Cc1ccc(-n2ccc(NC(=O)N3CCN(C(=O)C(C)(C)NC(=O)OC(C)(C)C)CC3)nc2=O)cc1)C1CCC(OC(N)=O)CC1. The lowest BCUT2D eigenvalue weighted by Gasteiger charge is -2.39. The molecule has 0 radical (unpaired) electrons. The molecule has 1 aromatic carbocycles. The first-order chi connectivity index (χ1) is 23.4. The summed E-state index contributed by atoms with van der Waals surface area (Å²) in [4.78, 5) is 72.1. The number of primary amides is 1. The van der Waals surface area contributed by atoms with Gasteiger partial charge in [-0.05, 0) is 97.9 Å². The smallest absolute Gasteiger partial charge is 0.408 e. The number of carbonyl (C=O) groups excluding carboxylic acids is 4. The van der Waals surface area contributed by atoms with Crippen molar-refractivity contribution >= 4 is 29.9 Å². The van der Waals surface area contributed by atoms with E-state index >= 15 is 0 Å². The Balaban J connectivity index is 1.29. The van der Waals surface area contributed by atoms with Crippen molar-refractivity contribution in [1.82, 2.24) is 29.6 Å². The summed E-state index contributed by atoms with van der Waals surface area (Å²) in [5.74, 6) is -0.160. The molecule has 4 rings (SSSR count). The fourth-order valence-corrected chi connectivity index (χ4v) is 6.34. The van der Waals surface area contributed by atoms with Crippen LogP contribution in [0.3, 0.4) is 0 Å². The predicted molar refractivity (Wildman–Crippen MR) is 188 cm³/mol. The number of urea groups is 1. The van der Waals surface area contributed by atoms with E-state index in [9.17, 15) is 24.0 Å². The molecule has 2 heterocycles. The molecule has 2 aromatic rings. The number of nitrogens with one attached hydrogen (secondary N) is 2. The third-order valence-electron chi connectivity index (χ3n) is 8.88. The van der Waals surface area contributed by atoms with E-state index in [0.717, 1.165) is 37.8 Å². The number of aromatic nitrogens is 2. The van der Waals surface area contributed by atoms with Crippen LogP contribution < -0.4 is 22.1 Å². The van der Waals surface area contributed by atoms with Gasteiger partial charge in [0.15, 0.2) is 0 Å². The molecule has 0 unspecified atom stereocenters. The summed E-state index contributed by atoms with van der Waals surface area (Å²) in [5, 5.41) is 5.32.